The van der Waals surface area contributed by atoms with Gasteiger partial charge in [-0.25, -0.2) is 0 Å². The van der Waals surface area contributed by atoms with Gasteiger partial charge in [-0.2, -0.15) is 0 Å². The second-order valence-corrected chi connectivity index (χ2v) is 4.66. The van der Waals surface area contributed by atoms with E-state index in [0.29, 0.717) is 6.61 Å². The van der Waals surface area contributed by atoms with Crippen LogP contribution in [-0.2, 0) is 0 Å². The summed E-state index contributed by atoms with van der Waals surface area (Å²) in [6.45, 7) is 0.655. The molecule has 1 heterocycles. The van der Waals surface area contributed by atoms with Gasteiger partial charge < -0.3 is 14.6 Å². The summed E-state index contributed by atoms with van der Waals surface area (Å²) in [6.07, 6.45) is 3.03. The number of benzene rings is 2. The molecule has 0 aliphatic carbocycles. The molecule has 2 aromatic carbocycles. The molecule has 1 aliphatic heterocycles. The van der Waals surface area contributed by atoms with E-state index in [1.54, 1.807) is 19.2 Å². The van der Waals surface area contributed by atoms with Crippen molar-refractivity contribution in [2.75, 3.05) is 13.7 Å². The minimum absolute atomic E-state index is 0.272. The number of methoxy groups -OCH3 is 1. The van der Waals surface area contributed by atoms with Crippen molar-refractivity contribution in [2.45, 2.75) is 6.42 Å². The van der Waals surface area contributed by atoms with Gasteiger partial charge in [0.25, 0.3) is 0 Å². The van der Waals surface area contributed by atoms with Gasteiger partial charge in [-0.3, -0.25) is 0 Å². The van der Waals surface area contributed by atoms with Crippen LogP contribution in [0.15, 0.2) is 48.5 Å². The van der Waals surface area contributed by atoms with Gasteiger partial charge in [0.05, 0.1) is 13.7 Å². The van der Waals surface area contributed by atoms with Crippen LogP contribution in [0.5, 0.6) is 17.2 Å². The molecule has 1 N–H and O–H groups in total. The molecule has 3 rings (SSSR count). The van der Waals surface area contributed by atoms with Crippen molar-refractivity contribution in [3.05, 3.63) is 59.7 Å². The van der Waals surface area contributed by atoms with E-state index in [1.807, 2.05) is 30.3 Å². The summed E-state index contributed by atoms with van der Waals surface area (Å²) in [7, 11) is 1.65. The van der Waals surface area contributed by atoms with Crippen LogP contribution in [0, 0.1) is 0 Å². The summed E-state index contributed by atoms with van der Waals surface area (Å²) < 4.78 is 11.0. The van der Waals surface area contributed by atoms with Gasteiger partial charge in [0.2, 0.25) is 0 Å². The molecule has 1 aliphatic rings. The van der Waals surface area contributed by atoms with Gasteiger partial charge in [0, 0.05) is 18.1 Å². The van der Waals surface area contributed by atoms with E-state index in [-0.39, 0.29) is 5.75 Å². The number of fused-ring (bicyclic) bond motifs is 1. The first-order chi connectivity index (χ1) is 9.78. The van der Waals surface area contributed by atoms with Crippen LogP contribution in [0.1, 0.15) is 17.5 Å². The number of phenolic OH excluding ortho intramolecular Hbond substituents is 1. The first kappa shape index (κ1) is 12.6. The third-order valence-electron chi connectivity index (χ3n) is 3.38. The fourth-order valence-corrected chi connectivity index (χ4v) is 2.37. The lowest BCUT2D eigenvalue weighted by molar-refractivity contribution is 0.323. The molecule has 0 saturated carbocycles. The van der Waals surface area contributed by atoms with Gasteiger partial charge in [0.15, 0.2) is 0 Å². The zero-order valence-electron chi connectivity index (χ0n) is 11.3. The molecule has 0 atom stereocenters. The van der Waals surface area contributed by atoms with E-state index in [0.717, 1.165) is 34.6 Å². The standard InChI is InChI=1S/C17H16O3/c1-19-14-8-9-16-15(3-2-10-20-17(16)11-14)12-4-6-13(18)7-5-12/h3-9,11,18H,2,10H2,1H3. The van der Waals surface area contributed by atoms with Crippen LogP contribution in [0.25, 0.3) is 5.57 Å². The molecular weight excluding hydrogens is 252 g/mol. The third-order valence-corrected chi connectivity index (χ3v) is 3.38. The molecule has 0 amide bonds. The van der Waals surface area contributed by atoms with Gasteiger partial charge >= 0.3 is 0 Å². The van der Waals surface area contributed by atoms with Crippen molar-refractivity contribution < 1.29 is 14.6 Å². The fourth-order valence-electron chi connectivity index (χ4n) is 2.37. The number of ether oxygens (including phenoxy) is 2. The number of aromatic hydroxyl groups is 1. The highest BCUT2D eigenvalue weighted by Gasteiger charge is 2.15. The molecule has 102 valence electrons. The summed E-state index contributed by atoms with van der Waals surface area (Å²) in [5.74, 6) is 1.89. The van der Waals surface area contributed by atoms with E-state index in [1.165, 1.54) is 0 Å². The predicted octanol–water partition coefficient (Wildman–Crippen LogP) is 3.62. The molecule has 20 heavy (non-hydrogen) atoms. The van der Waals surface area contributed by atoms with Crippen LogP contribution >= 0.6 is 0 Å². The van der Waals surface area contributed by atoms with E-state index < -0.39 is 0 Å². The predicted molar refractivity (Wildman–Crippen MR) is 78.3 cm³/mol. The zero-order chi connectivity index (χ0) is 13.9. The Hall–Kier alpha value is -2.42. The van der Waals surface area contributed by atoms with Gasteiger partial charge in [-0.1, -0.05) is 18.2 Å². The fraction of sp³-hybridized carbons (Fsp3) is 0.176. The molecule has 0 fully saturated rings. The Morgan fingerprint density at radius 2 is 1.90 bits per heavy atom. The second kappa shape index (κ2) is 5.29. The number of hydrogen-bond donors (Lipinski definition) is 1. The molecule has 0 aromatic heterocycles. The Labute approximate surface area is 118 Å². The van der Waals surface area contributed by atoms with E-state index in [9.17, 15) is 5.11 Å². The summed E-state index contributed by atoms with van der Waals surface area (Å²) in [6, 6.07) is 13.1. The molecular formula is C17H16O3. The lowest BCUT2D eigenvalue weighted by Crippen LogP contribution is -1.96. The lowest BCUT2D eigenvalue weighted by atomic mass is 9.96. The molecule has 3 heteroatoms. The topological polar surface area (TPSA) is 38.7 Å². The molecule has 0 saturated heterocycles. The first-order valence-corrected chi connectivity index (χ1v) is 6.59. The quantitative estimate of drug-likeness (QED) is 0.904. The highest BCUT2D eigenvalue weighted by Crippen LogP contribution is 2.36. The first-order valence-electron chi connectivity index (χ1n) is 6.59. The van der Waals surface area contributed by atoms with Gasteiger partial charge in [0.1, 0.15) is 17.2 Å². The van der Waals surface area contributed by atoms with Crippen LogP contribution in [-0.4, -0.2) is 18.8 Å². The monoisotopic (exact) mass is 268 g/mol. The molecule has 0 radical (unpaired) electrons. The number of rotatable bonds is 2. The molecule has 0 bridgehead atoms. The van der Waals surface area contributed by atoms with E-state index in [4.69, 9.17) is 9.47 Å². The van der Waals surface area contributed by atoms with Gasteiger partial charge in [-0.05, 0) is 35.4 Å². The smallest absolute Gasteiger partial charge is 0.130 e. The molecule has 2 aromatic rings. The zero-order valence-corrected chi connectivity index (χ0v) is 11.3. The van der Waals surface area contributed by atoms with Crippen LogP contribution in [0.2, 0.25) is 0 Å². The average Bonchev–Trinajstić information content (AvgIpc) is 2.69. The Balaban J connectivity index is 2.08. The maximum Gasteiger partial charge on any atom is 0.130 e. The third kappa shape index (κ3) is 2.35. The molecule has 0 unspecified atom stereocenters. The summed E-state index contributed by atoms with van der Waals surface area (Å²) in [4.78, 5) is 0. The van der Waals surface area contributed by atoms with E-state index >= 15 is 0 Å². The van der Waals surface area contributed by atoms with Crippen LogP contribution in [0.3, 0.4) is 0 Å². The van der Waals surface area contributed by atoms with Crippen molar-refractivity contribution >= 4 is 5.57 Å². The Kier molecular flexibility index (Phi) is 3.33. The minimum Gasteiger partial charge on any atom is -0.508 e. The minimum atomic E-state index is 0.272. The van der Waals surface area contributed by atoms with Crippen molar-refractivity contribution in [3.8, 4) is 17.2 Å². The SMILES string of the molecule is COc1ccc2c(c1)OCCC=C2c1ccc(O)cc1. The normalized spacial score (nSPS) is 13.8. The lowest BCUT2D eigenvalue weighted by Gasteiger charge is -2.12. The van der Waals surface area contributed by atoms with Crippen molar-refractivity contribution in [2.24, 2.45) is 0 Å². The Morgan fingerprint density at radius 3 is 2.65 bits per heavy atom. The largest absolute Gasteiger partial charge is 0.508 e. The van der Waals surface area contributed by atoms with Crippen molar-refractivity contribution in [1.82, 2.24) is 0 Å². The Bertz CT molecular complexity index is 642. The number of phenols is 1. The van der Waals surface area contributed by atoms with E-state index in [2.05, 4.69) is 6.08 Å². The van der Waals surface area contributed by atoms with Gasteiger partial charge in [-0.15, -0.1) is 0 Å². The van der Waals surface area contributed by atoms with Crippen LogP contribution in [0.4, 0.5) is 0 Å². The number of hydrogen-bond acceptors (Lipinski definition) is 3. The molecule has 0 spiro atoms. The Morgan fingerprint density at radius 1 is 1.10 bits per heavy atom. The summed E-state index contributed by atoms with van der Waals surface area (Å²) in [5.41, 5.74) is 3.24. The van der Waals surface area contributed by atoms with Crippen molar-refractivity contribution in [1.29, 1.82) is 0 Å². The molecule has 3 nitrogen and oxygen atoms in total. The van der Waals surface area contributed by atoms with Crippen LogP contribution < -0.4 is 9.47 Å². The highest BCUT2D eigenvalue weighted by atomic mass is 16.5. The van der Waals surface area contributed by atoms with Crippen molar-refractivity contribution in [3.63, 3.8) is 0 Å². The maximum atomic E-state index is 9.41. The second-order valence-electron chi connectivity index (χ2n) is 4.66. The average molecular weight is 268 g/mol. The summed E-state index contributed by atoms with van der Waals surface area (Å²) >= 11 is 0. The highest BCUT2D eigenvalue weighted by molar-refractivity contribution is 5.83. The maximum absolute atomic E-state index is 9.41. The summed E-state index contributed by atoms with van der Waals surface area (Å²) in [5, 5.41) is 9.41.